The fourth-order valence-electron chi connectivity index (χ4n) is 3.90. The zero-order valence-corrected chi connectivity index (χ0v) is 18.1. The fraction of sp³-hybridized carbons (Fsp3) is 0.391. The molecule has 4 rings (SSSR count). The molecule has 1 saturated carbocycles. The number of hydrogen-bond donors (Lipinski definition) is 1. The van der Waals surface area contributed by atoms with E-state index in [4.69, 9.17) is 14.0 Å². The van der Waals surface area contributed by atoms with Crippen LogP contribution < -0.4 is 15.6 Å². The highest BCUT2D eigenvalue weighted by atomic mass is 16.5. The number of carbonyl (C=O) groups is 2. The van der Waals surface area contributed by atoms with Crippen molar-refractivity contribution in [2.45, 2.75) is 45.6 Å². The molecule has 1 N–H and O–H groups in total. The molecule has 0 saturated heterocycles. The molecule has 32 heavy (non-hydrogen) atoms. The number of aromatic nitrogens is 2. The Morgan fingerprint density at radius 1 is 1.19 bits per heavy atom. The third-order valence-electron chi connectivity index (χ3n) is 5.54. The molecule has 0 unspecified atom stereocenters. The molecule has 9 nitrogen and oxygen atoms in total. The Bertz CT molecular complexity index is 1210. The highest BCUT2D eigenvalue weighted by Crippen LogP contribution is 2.29. The first-order valence-electron chi connectivity index (χ1n) is 10.6. The first-order valence-corrected chi connectivity index (χ1v) is 10.6. The first kappa shape index (κ1) is 21.6. The van der Waals surface area contributed by atoms with E-state index in [9.17, 15) is 14.4 Å². The maximum atomic E-state index is 12.6. The van der Waals surface area contributed by atoms with Crippen molar-refractivity contribution in [3.63, 3.8) is 0 Å². The predicted molar refractivity (Wildman–Crippen MR) is 116 cm³/mol. The van der Waals surface area contributed by atoms with Gasteiger partial charge in [0.2, 0.25) is 5.91 Å². The summed E-state index contributed by atoms with van der Waals surface area (Å²) in [5.74, 6) is 0.301. The van der Waals surface area contributed by atoms with Crippen LogP contribution in [0.2, 0.25) is 0 Å². The number of ether oxygens (including phenoxy) is 2. The van der Waals surface area contributed by atoms with Crippen molar-refractivity contribution >= 4 is 23.2 Å². The number of aryl methyl sites for hydroxylation is 1. The zero-order chi connectivity index (χ0) is 22.7. The van der Waals surface area contributed by atoms with Crippen LogP contribution in [-0.2, 0) is 16.1 Å². The molecule has 1 aliphatic carbocycles. The Labute approximate surface area is 184 Å². The van der Waals surface area contributed by atoms with Gasteiger partial charge >= 0.3 is 5.97 Å². The van der Waals surface area contributed by atoms with Gasteiger partial charge in [-0.05, 0) is 38.0 Å². The quantitative estimate of drug-likeness (QED) is 0.585. The van der Waals surface area contributed by atoms with Crippen LogP contribution in [0, 0.1) is 12.8 Å². The minimum atomic E-state index is -0.605. The van der Waals surface area contributed by atoms with Gasteiger partial charge in [0.15, 0.2) is 5.65 Å². The van der Waals surface area contributed by atoms with Gasteiger partial charge in [-0.15, -0.1) is 4.57 Å². The summed E-state index contributed by atoms with van der Waals surface area (Å²) in [4.78, 5) is 41.6. The lowest BCUT2D eigenvalue weighted by Gasteiger charge is -2.21. The van der Waals surface area contributed by atoms with E-state index in [0.29, 0.717) is 28.5 Å². The summed E-state index contributed by atoms with van der Waals surface area (Å²) in [6.07, 6.45) is 4.97. The molecule has 0 radical (unpaired) electrons. The Morgan fingerprint density at radius 2 is 1.97 bits per heavy atom. The lowest BCUT2D eigenvalue weighted by atomic mass is 9.88. The number of nitrogens with zero attached hydrogens (tertiary/aromatic N) is 2. The van der Waals surface area contributed by atoms with Crippen molar-refractivity contribution in [2.75, 3.05) is 12.4 Å². The third kappa shape index (κ3) is 4.66. The topological polar surface area (TPSA) is 112 Å². The second-order valence-electron chi connectivity index (χ2n) is 7.90. The van der Waals surface area contributed by atoms with Crippen LogP contribution in [-0.4, -0.2) is 28.5 Å². The molecular weight excluding hydrogens is 414 g/mol. The van der Waals surface area contributed by atoms with Crippen LogP contribution in [0.4, 0.5) is 5.69 Å². The van der Waals surface area contributed by atoms with Gasteiger partial charge in [0.25, 0.3) is 5.56 Å². The van der Waals surface area contributed by atoms with Crippen LogP contribution in [0.3, 0.4) is 0 Å². The molecule has 2 heterocycles. The summed E-state index contributed by atoms with van der Waals surface area (Å²) < 4.78 is 17.0. The molecule has 1 aromatic carbocycles. The Morgan fingerprint density at radius 3 is 2.72 bits per heavy atom. The van der Waals surface area contributed by atoms with E-state index in [2.05, 4.69) is 10.3 Å². The van der Waals surface area contributed by atoms with Crippen LogP contribution in [0.1, 0.15) is 53.9 Å². The molecule has 9 heteroatoms. The minimum Gasteiger partial charge on any atom is -0.495 e. The lowest BCUT2D eigenvalue weighted by molar-refractivity contribution is -0.120. The van der Waals surface area contributed by atoms with E-state index in [1.165, 1.54) is 19.2 Å². The van der Waals surface area contributed by atoms with Crippen LogP contribution >= 0.6 is 0 Å². The van der Waals surface area contributed by atoms with E-state index in [0.717, 1.165) is 36.7 Å². The van der Waals surface area contributed by atoms with Gasteiger partial charge in [0, 0.05) is 18.1 Å². The van der Waals surface area contributed by atoms with Crippen molar-refractivity contribution in [1.82, 2.24) is 9.56 Å². The summed E-state index contributed by atoms with van der Waals surface area (Å²) in [7, 11) is 1.50. The normalized spacial score (nSPS) is 14.3. The number of nitrogens with one attached hydrogen (secondary N) is 1. The van der Waals surface area contributed by atoms with Crippen molar-refractivity contribution in [2.24, 2.45) is 5.92 Å². The number of hydrogen-bond acceptors (Lipinski definition) is 7. The summed E-state index contributed by atoms with van der Waals surface area (Å²) >= 11 is 0. The van der Waals surface area contributed by atoms with Gasteiger partial charge in [0.1, 0.15) is 18.1 Å². The Balaban J connectivity index is 1.47. The van der Waals surface area contributed by atoms with E-state index in [1.54, 1.807) is 25.1 Å². The Kier molecular flexibility index (Phi) is 6.25. The van der Waals surface area contributed by atoms with Crippen molar-refractivity contribution in [1.29, 1.82) is 0 Å². The number of anilines is 1. The van der Waals surface area contributed by atoms with Crippen LogP contribution in [0.5, 0.6) is 5.75 Å². The van der Waals surface area contributed by atoms with Gasteiger partial charge in [-0.1, -0.05) is 19.3 Å². The Hall–Kier alpha value is -3.62. The largest absolute Gasteiger partial charge is 0.495 e. The number of benzene rings is 1. The predicted octanol–water partition coefficient (Wildman–Crippen LogP) is 3.48. The molecule has 3 aromatic rings. The van der Waals surface area contributed by atoms with Crippen LogP contribution in [0.15, 0.2) is 39.6 Å². The zero-order valence-electron chi connectivity index (χ0n) is 18.1. The number of fused-ring (bicyclic) bond motifs is 1. The molecule has 1 aliphatic rings. The molecule has 0 spiro atoms. The molecule has 2 aromatic heterocycles. The number of methoxy groups -OCH3 is 1. The average Bonchev–Trinajstić information content (AvgIpc) is 3.18. The van der Waals surface area contributed by atoms with Crippen molar-refractivity contribution in [3.8, 4) is 5.75 Å². The lowest BCUT2D eigenvalue weighted by Crippen LogP contribution is -2.25. The maximum Gasteiger partial charge on any atom is 0.338 e. The molecular formula is C23H25N3O6. The summed E-state index contributed by atoms with van der Waals surface area (Å²) in [5.41, 5.74) is 0.930. The maximum absolute atomic E-state index is 12.6. The van der Waals surface area contributed by atoms with E-state index in [1.807, 2.05) is 0 Å². The SMILES string of the molecule is COc1ccc(C(=O)OCc2cc(=O)n3oc(C)cc3n2)cc1NC(=O)C1CCCCC1. The van der Waals surface area contributed by atoms with Crippen molar-refractivity contribution < 1.29 is 23.6 Å². The van der Waals surface area contributed by atoms with Gasteiger partial charge in [-0.25, -0.2) is 9.78 Å². The molecule has 168 valence electrons. The van der Waals surface area contributed by atoms with Gasteiger partial charge in [-0.2, -0.15) is 0 Å². The second kappa shape index (κ2) is 9.25. The molecule has 0 aliphatic heterocycles. The van der Waals surface area contributed by atoms with Gasteiger partial charge in [-0.3, -0.25) is 9.59 Å². The van der Waals surface area contributed by atoms with E-state index >= 15 is 0 Å². The average molecular weight is 439 g/mol. The standard InChI is InChI=1S/C23H25N3O6/c1-14-10-20-24-17(12-21(27)26(20)32-14)13-31-23(29)16-8-9-19(30-2)18(11-16)25-22(28)15-6-4-3-5-7-15/h8-12,15H,3-7,13H2,1-2H3,(H,25,28). The highest BCUT2D eigenvalue weighted by Gasteiger charge is 2.22. The van der Waals surface area contributed by atoms with Crippen molar-refractivity contribution in [3.05, 3.63) is 57.7 Å². The minimum absolute atomic E-state index is 0.0317. The van der Waals surface area contributed by atoms with Gasteiger partial charge in [0.05, 0.1) is 24.1 Å². The number of rotatable bonds is 6. The summed E-state index contributed by atoms with van der Waals surface area (Å²) in [6, 6.07) is 7.58. The number of carbonyl (C=O) groups excluding carboxylic acids is 2. The van der Waals surface area contributed by atoms with E-state index < -0.39 is 11.5 Å². The smallest absolute Gasteiger partial charge is 0.338 e. The molecule has 0 atom stereocenters. The first-order chi connectivity index (χ1) is 15.4. The molecule has 0 bridgehead atoms. The van der Waals surface area contributed by atoms with E-state index in [-0.39, 0.29) is 24.0 Å². The summed E-state index contributed by atoms with van der Waals surface area (Å²) in [5, 5.41) is 2.89. The number of esters is 1. The molecule has 1 fully saturated rings. The summed E-state index contributed by atoms with van der Waals surface area (Å²) in [6.45, 7) is 1.53. The third-order valence-corrected chi connectivity index (χ3v) is 5.54. The number of amides is 1. The molecule has 1 amide bonds. The monoisotopic (exact) mass is 439 g/mol. The van der Waals surface area contributed by atoms with Gasteiger partial charge < -0.3 is 19.3 Å². The fourth-order valence-corrected chi connectivity index (χ4v) is 3.90. The highest BCUT2D eigenvalue weighted by molar-refractivity contribution is 5.97. The second-order valence-corrected chi connectivity index (χ2v) is 7.90. The van der Waals surface area contributed by atoms with Crippen LogP contribution in [0.25, 0.3) is 5.65 Å².